The van der Waals surface area contributed by atoms with Gasteiger partial charge in [0.2, 0.25) is 0 Å². The fourth-order valence-corrected chi connectivity index (χ4v) is 3.16. The molecule has 2 fully saturated rings. The molecule has 21 heavy (non-hydrogen) atoms. The van der Waals surface area contributed by atoms with E-state index in [1.54, 1.807) is 0 Å². The fraction of sp³-hybridized carbons (Fsp3) is 0.875. The lowest BCUT2D eigenvalue weighted by molar-refractivity contribution is -0.158. The van der Waals surface area contributed by atoms with Crippen molar-refractivity contribution in [2.75, 3.05) is 26.3 Å². The summed E-state index contributed by atoms with van der Waals surface area (Å²) in [5, 5.41) is 0. The molecule has 0 N–H and O–H groups in total. The molecule has 2 aliphatic heterocycles. The Bertz CT molecular complexity index is 378. The summed E-state index contributed by atoms with van der Waals surface area (Å²) in [6, 6.07) is 0.333. The van der Waals surface area contributed by atoms with Gasteiger partial charge < -0.3 is 9.47 Å². The summed E-state index contributed by atoms with van der Waals surface area (Å²) >= 11 is 0. The maximum absolute atomic E-state index is 12.1. The zero-order valence-electron chi connectivity index (χ0n) is 13.4. The summed E-state index contributed by atoms with van der Waals surface area (Å²) < 4.78 is 11.0. The van der Waals surface area contributed by atoms with E-state index in [1.807, 2.05) is 20.8 Å². The molecule has 5 nitrogen and oxygen atoms in total. The smallest absolute Gasteiger partial charge is 0.306 e. The second-order valence-electron chi connectivity index (χ2n) is 7.06. The van der Waals surface area contributed by atoms with Crippen LogP contribution in [0.3, 0.4) is 0 Å². The van der Waals surface area contributed by atoms with E-state index in [0.717, 1.165) is 26.1 Å². The number of likely N-dealkylation sites (tertiary alicyclic amines) is 1. The molecule has 0 unspecified atom stereocenters. The molecular formula is C16H27NO4. The summed E-state index contributed by atoms with van der Waals surface area (Å²) in [5.41, 5.74) is -0.445. The fourth-order valence-electron chi connectivity index (χ4n) is 3.16. The lowest BCUT2D eigenvalue weighted by atomic mass is 9.89. The molecule has 120 valence electrons. The average molecular weight is 297 g/mol. The van der Waals surface area contributed by atoms with Gasteiger partial charge in [0, 0.05) is 44.5 Å². The van der Waals surface area contributed by atoms with E-state index in [1.165, 1.54) is 0 Å². The predicted molar refractivity (Wildman–Crippen MR) is 79.0 cm³/mol. The van der Waals surface area contributed by atoms with E-state index in [4.69, 9.17) is 9.47 Å². The van der Waals surface area contributed by atoms with E-state index in [0.29, 0.717) is 37.7 Å². The number of carbonyl (C=O) groups is 2. The van der Waals surface area contributed by atoms with Crippen LogP contribution in [0, 0.1) is 5.92 Å². The highest BCUT2D eigenvalue weighted by molar-refractivity contribution is 5.79. The number of piperidine rings is 1. The van der Waals surface area contributed by atoms with Gasteiger partial charge in [-0.3, -0.25) is 14.5 Å². The minimum Gasteiger partial charge on any atom is -0.460 e. The highest BCUT2D eigenvalue weighted by Gasteiger charge is 2.34. The first-order valence-electron chi connectivity index (χ1n) is 7.90. The topological polar surface area (TPSA) is 55.8 Å². The average Bonchev–Trinajstić information content (AvgIpc) is 2.38. The molecule has 0 aliphatic carbocycles. The Morgan fingerprint density at radius 2 is 2.00 bits per heavy atom. The predicted octanol–water partition coefficient (Wildman–Crippen LogP) is 1.79. The molecule has 0 aromatic heterocycles. The second kappa shape index (κ2) is 6.88. The van der Waals surface area contributed by atoms with Gasteiger partial charge in [0.05, 0.1) is 13.0 Å². The minimum absolute atomic E-state index is 0.156. The molecule has 2 aliphatic rings. The molecule has 0 spiro atoms. The van der Waals surface area contributed by atoms with Crippen molar-refractivity contribution in [3.05, 3.63) is 0 Å². The van der Waals surface area contributed by atoms with E-state index in [9.17, 15) is 9.59 Å². The third-order valence-electron chi connectivity index (χ3n) is 4.11. The molecule has 2 heterocycles. The Kier molecular flexibility index (Phi) is 5.38. The zero-order valence-corrected chi connectivity index (χ0v) is 13.4. The molecule has 0 aromatic carbocycles. The van der Waals surface area contributed by atoms with Crippen LogP contribution in [0.1, 0.15) is 46.5 Å². The number of Topliss-reactive ketones (excluding diaryl/α,β-unsaturated/α-hetero) is 1. The van der Waals surface area contributed by atoms with Crippen molar-refractivity contribution < 1.29 is 19.1 Å². The normalized spacial score (nSPS) is 28.4. The van der Waals surface area contributed by atoms with Crippen molar-refractivity contribution in [2.24, 2.45) is 5.92 Å². The first kappa shape index (κ1) is 16.4. The molecule has 0 saturated carbocycles. The van der Waals surface area contributed by atoms with E-state index < -0.39 is 5.60 Å². The number of hydrogen-bond acceptors (Lipinski definition) is 5. The van der Waals surface area contributed by atoms with Crippen LogP contribution in [0.15, 0.2) is 0 Å². The van der Waals surface area contributed by atoms with E-state index >= 15 is 0 Å². The van der Waals surface area contributed by atoms with Crippen molar-refractivity contribution in [3.63, 3.8) is 0 Å². The summed E-state index contributed by atoms with van der Waals surface area (Å²) in [6.45, 7) is 8.62. The largest absolute Gasteiger partial charge is 0.460 e. The van der Waals surface area contributed by atoms with Crippen LogP contribution in [0.2, 0.25) is 0 Å². The van der Waals surface area contributed by atoms with Gasteiger partial charge in [0.25, 0.3) is 0 Å². The minimum atomic E-state index is -0.445. The van der Waals surface area contributed by atoms with Gasteiger partial charge in [-0.15, -0.1) is 0 Å². The molecule has 2 saturated heterocycles. The quantitative estimate of drug-likeness (QED) is 0.743. The Labute approximate surface area is 127 Å². The molecule has 5 heteroatoms. The van der Waals surface area contributed by atoms with Gasteiger partial charge in [-0.1, -0.05) is 0 Å². The molecule has 2 atom stereocenters. The van der Waals surface area contributed by atoms with Gasteiger partial charge in [0.15, 0.2) is 0 Å². The molecule has 2 rings (SSSR count). The summed E-state index contributed by atoms with van der Waals surface area (Å²) in [7, 11) is 0. The standard InChI is InChI=1S/C16H27NO4/c1-16(2,3)21-15(19)10-12-11-20-9-6-14(12)17-7-4-13(18)5-8-17/h12,14H,4-11H2,1-3H3/t12-,14-/m1/s1. The highest BCUT2D eigenvalue weighted by Crippen LogP contribution is 2.26. The van der Waals surface area contributed by atoms with Crippen LogP contribution in [0.25, 0.3) is 0 Å². The Balaban J connectivity index is 1.92. The number of hydrogen-bond donors (Lipinski definition) is 0. The van der Waals surface area contributed by atoms with Gasteiger partial charge in [-0.25, -0.2) is 0 Å². The number of esters is 1. The SMILES string of the molecule is CC(C)(C)OC(=O)C[C@@H]1COCC[C@H]1N1CCC(=O)CC1. The van der Waals surface area contributed by atoms with Crippen LogP contribution in [-0.4, -0.2) is 54.6 Å². The Morgan fingerprint density at radius 3 is 2.62 bits per heavy atom. The number of nitrogens with zero attached hydrogens (tertiary/aromatic N) is 1. The van der Waals surface area contributed by atoms with Crippen LogP contribution in [-0.2, 0) is 19.1 Å². The Hall–Kier alpha value is -0.940. The van der Waals surface area contributed by atoms with Crippen molar-refractivity contribution in [1.82, 2.24) is 4.90 Å². The zero-order chi connectivity index (χ0) is 15.5. The second-order valence-corrected chi connectivity index (χ2v) is 7.06. The van der Waals surface area contributed by atoms with Crippen LogP contribution < -0.4 is 0 Å². The first-order valence-corrected chi connectivity index (χ1v) is 7.90. The number of ether oxygens (including phenoxy) is 2. The molecule has 0 amide bonds. The van der Waals surface area contributed by atoms with Crippen molar-refractivity contribution in [1.29, 1.82) is 0 Å². The van der Waals surface area contributed by atoms with Crippen LogP contribution in [0.4, 0.5) is 0 Å². The van der Waals surface area contributed by atoms with Crippen molar-refractivity contribution in [2.45, 2.75) is 58.1 Å². The summed E-state index contributed by atoms with van der Waals surface area (Å²) in [6.07, 6.45) is 2.60. The molecule has 0 aromatic rings. The number of carbonyl (C=O) groups excluding carboxylic acids is 2. The third-order valence-corrected chi connectivity index (χ3v) is 4.11. The maximum atomic E-state index is 12.1. The summed E-state index contributed by atoms with van der Waals surface area (Å²) in [4.78, 5) is 25.8. The van der Waals surface area contributed by atoms with E-state index in [-0.39, 0.29) is 11.9 Å². The van der Waals surface area contributed by atoms with Gasteiger partial charge in [-0.05, 0) is 27.2 Å². The van der Waals surface area contributed by atoms with Gasteiger partial charge in [0.1, 0.15) is 11.4 Å². The number of ketones is 1. The highest BCUT2D eigenvalue weighted by atomic mass is 16.6. The molecule has 0 bridgehead atoms. The lowest BCUT2D eigenvalue weighted by Gasteiger charge is -2.41. The van der Waals surface area contributed by atoms with E-state index in [2.05, 4.69) is 4.90 Å². The van der Waals surface area contributed by atoms with Crippen molar-refractivity contribution >= 4 is 11.8 Å². The molecule has 0 radical (unpaired) electrons. The first-order chi connectivity index (χ1) is 9.85. The summed E-state index contributed by atoms with van der Waals surface area (Å²) in [5.74, 6) is 0.361. The number of rotatable bonds is 3. The van der Waals surface area contributed by atoms with Gasteiger partial charge in [-0.2, -0.15) is 0 Å². The third kappa shape index (κ3) is 5.08. The van der Waals surface area contributed by atoms with Gasteiger partial charge >= 0.3 is 5.97 Å². The van der Waals surface area contributed by atoms with Crippen LogP contribution in [0.5, 0.6) is 0 Å². The Morgan fingerprint density at radius 1 is 1.33 bits per heavy atom. The molecular weight excluding hydrogens is 270 g/mol. The van der Waals surface area contributed by atoms with Crippen LogP contribution >= 0.6 is 0 Å². The van der Waals surface area contributed by atoms with Crippen molar-refractivity contribution in [3.8, 4) is 0 Å². The maximum Gasteiger partial charge on any atom is 0.306 e. The lowest BCUT2D eigenvalue weighted by Crippen LogP contribution is -2.49. The monoisotopic (exact) mass is 297 g/mol.